The Morgan fingerprint density at radius 3 is 2.22 bits per heavy atom. The zero-order chi connectivity index (χ0) is 26.2. The van der Waals surface area contributed by atoms with Crippen molar-refractivity contribution in [3.63, 3.8) is 0 Å². The average molecular weight is 500 g/mol. The Kier molecular flexibility index (Phi) is 8.36. The fourth-order valence-electron chi connectivity index (χ4n) is 4.19. The number of amides is 2. The van der Waals surface area contributed by atoms with Crippen molar-refractivity contribution >= 4 is 17.5 Å². The van der Waals surface area contributed by atoms with Gasteiger partial charge < -0.3 is 19.9 Å². The van der Waals surface area contributed by atoms with Crippen molar-refractivity contribution in [3.05, 3.63) is 102 Å². The highest BCUT2D eigenvalue weighted by Crippen LogP contribution is 2.28. The number of benzene rings is 3. The summed E-state index contributed by atoms with van der Waals surface area (Å²) in [5, 5.41) is 5.77. The molecule has 1 aromatic heterocycles. The minimum atomic E-state index is -0.298. The molecule has 190 valence electrons. The van der Waals surface area contributed by atoms with E-state index >= 15 is 0 Å². The summed E-state index contributed by atoms with van der Waals surface area (Å²) in [6.07, 6.45) is 1.60. The molecule has 37 heavy (non-hydrogen) atoms. The van der Waals surface area contributed by atoms with Crippen LogP contribution in [-0.2, 0) is 22.4 Å². The zero-order valence-electron chi connectivity index (χ0n) is 21.0. The lowest BCUT2D eigenvalue weighted by molar-refractivity contribution is -0.121. The van der Waals surface area contributed by atoms with Crippen molar-refractivity contribution < 1.29 is 18.7 Å². The minimum Gasteiger partial charge on any atom is -0.497 e. The molecule has 0 atom stereocenters. The highest BCUT2D eigenvalue weighted by Gasteiger charge is 2.14. The van der Waals surface area contributed by atoms with Gasteiger partial charge in [0.15, 0.2) is 0 Å². The lowest BCUT2D eigenvalue weighted by atomic mass is 10.1. The van der Waals surface area contributed by atoms with Gasteiger partial charge in [0.1, 0.15) is 11.6 Å². The number of carbonyl (C=O) groups is 2. The van der Waals surface area contributed by atoms with Gasteiger partial charge in [-0.1, -0.05) is 12.1 Å². The molecule has 6 nitrogen and oxygen atoms in total. The Hall–Kier alpha value is -4.39. The summed E-state index contributed by atoms with van der Waals surface area (Å²) in [6.45, 7) is 2.02. The first-order valence-electron chi connectivity index (χ1n) is 12.2. The number of aromatic nitrogens is 1. The number of anilines is 1. The average Bonchev–Trinajstić information content (AvgIpc) is 3.32. The summed E-state index contributed by atoms with van der Waals surface area (Å²) in [7, 11) is 1.63. The largest absolute Gasteiger partial charge is 0.497 e. The quantitative estimate of drug-likeness (QED) is 0.301. The van der Waals surface area contributed by atoms with E-state index in [2.05, 4.69) is 15.2 Å². The van der Waals surface area contributed by atoms with E-state index in [1.807, 2.05) is 60.7 Å². The number of hydrogen-bond acceptors (Lipinski definition) is 3. The first kappa shape index (κ1) is 25.7. The summed E-state index contributed by atoms with van der Waals surface area (Å²) in [6, 6.07) is 25.6. The molecule has 0 saturated carbocycles. The molecular formula is C30H30FN3O3. The molecule has 2 N–H and O–H groups in total. The maximum atomic E-state index is 13.5. The molecule has 4 rings (SSSR count). The van der Waals surface area contributed by atoms with Crippen molar-refractivity contribution in [1.82, 2.24) is 9.88 Å². The number of aryl methyl sites for hydroxylation is 1. The second kappa shape index (κ2) is 12.0. The molecule has 2 amide bonds. The maximum absolute atomic E-state index is 13.5. The zero-order valence-corrected chi connectivity index (χ0v) is 21.0. The van der Waals surface area contributed by atoms with Crippen molar-refractivity contribution in [1.29, 1.82) is 0 Å². The van der Waals surface area contributed by atoms with Crippen LogP contribution in [0.4, 0.5) is 10.1 Å². The lowest BCUT2D eigenvalue weighted by Crippen LogP contribution is -2.26. The van der Waals surface area contributed by atoms with Gasteiger partial charge in [-0.3, -0.25) is 9.59 Å². The highest BCUT2D eigenvalue weighted by atomic mass is 19.1. The summed E-state index contributed by atoms with van der Waals surface area (Å²) in [5.41, 5.74) is 5.42. The van der Waals surface area contributed by atoms with E-state index < -0.39 is 0 Å². The van der Waals surface area contributed by atoms with Crippen LogP contribution in [0.15, 0.2) is 84.9 Å². The Morgan fingerprint density at radius 1 is 0.865 bits per heavy atom. The molecule has 0 unspecified atom stereocenters. The second-order valence-electron chi connectivity index (χ2n) is 8.73. The lowest BCUT2D eigenvalue weighted by Gasteiger charge is -2.15. The van der Waals surface area contributed by atoms with Crippen molar-refractivity contribution in [2.45, 2.75) is 26.2 Å². The number of halogens is 1. The number of carbonyl (C=O) groups excluding carboxylic acids is 2. The van der Waals surface area contributed by atoms with Gasteiger partial charge in [0, 0.05) is 37.0 Å². The molecular weight excluding hydrogens is 469 g/mol. The second-order valence-corrected chi connectivity index (χ2v) is 8.73. The van der Waals surface area contributed by atoms with Crippen LogP contribution in [0.5, 0.6) is 5.75 Å². The van der Waals surface area contributed by atoms with Gasteiger partial charge >= 0.3 is 0 Å². The maximum Gasteiger partial charge on any atom is 0.221 e. The highest BCUT2D eigenvalue weighted by molar-refractivity contribution is 5.88. The summed E-state index contributed by atoms with van der Waals surface area (Å²) >= 11 is 0. The Labute approximate surface area is 216 Å². The van der Waals surface area contributed by atoms with Crippen molar-refractivity contribution in [2.24, 2.45) is 0 Å². The van der Waals surface area contributed by atoms with Gasteiger partial charge in [0.05, 0.1) is 12.8 Å². The normalized spacial score (nSPS) is 10.7. The molecule has 0 aliphatic rings. The molecule has 1 heterocycles. The van der Waals surface area contributed by atoms with Crippen LogP contribution in [0, 0.1) is 5.82 Å². The van der Waals surface area contributed by atoms with E-state index in [-0.39, 0.29) is 17.6 Å². The molecule has 0 radical (unpaired) electrons. The molecule has 4 aromatic rings. The van der Waals surface area contributed by atoms with E-state index in [4.69, 9.17) is 4.74 Å². The van der Waals surface area contributed by atoms with Gasteiger partial charge in [0.25, 0.3) is 0 Å². The molecule has 0 spiro atoms. The SMILES string of the molecule is COc1ccc(CCNC(=O)CCc2ccc(-c3ccc(F)cc3)n2-c2ccc(NC(C)=O)cc2)cc1. The van der Waals surface area contributed by atoms with Gasteiger partial charge in [0.2, 0.25) is 11.8 Å². The van der Waals surface area contributed by atoms with Crippen LogP contribution in [-0.4, -0.2) is 30.0 Å². The third-order valence-corrected chi connectivity index (χ3v) is 6.05. The molecule has 0 aliphatic heterocycles. The molecule has 0 bridgehead atoms. The number of methoxy groups -OCH3 is 1. The predicted octanol–water partition coefficient (Wildman–Crippen LogP) is 5.54. The molecule has 0 aliphatic carbocycles. The van der Waals surface area contributed by atoms with Crippen LogP contribution < -0.4 is 15.4 Å². The summed E-state index contributed by atoms with van der Waals surface area (Å²) in [5.74, 6) is 0.346. The van der Waals surface area contributed by atoms with Gasteiger partial charge in [-0.25, -0.2) is 4.39 Å². The van der Waals surface area contributed by atoms with Gasteiger partial charge in [-0.2, -0.15) is 0 Å². The third kappa shape index (κ3) is 6.85. The van der Waals surface area contributed by atoms with E-state index in [1.54, 1.807) is 19.2 Å². The van der Waals surface area contributed by atoms with Crippen LogP contribution in [0.3, 0.4) is 0 Å². The topological polar surface area (TPSA) is 72.4 Å². The fourth-order valence-corrected chi connectivity index (χ4v) is 4.19. The van der Waals surface area contributed by atoms with Crippen LogP contribution in [0.1, 0.15) is 24.6 Å². The first-order valence-corrected chi connectivity index (χ1v) is 12.2. The fraction of sp³-hybridized carbons (Fsp3) is 0.200. The number of nitrogens with zero attached hydrogens (tertiary/aromatic N) is 1. The van der Waals surface area contributed by atoms with E-state index in [1.165, 1.54) is 19.1 Å². The van der Waals surface area contributed by atoms with Gasteiger partial charge in [-0.15, -0.1) is 0 Å². The third-order valence-electron chi connectivity index (χ3n) is 6.05. The van der Waals surface area contributed by atoms with E-state index in [9.17, 15) is 14.0 Å². The predicted molar refractivity (Wildman–Crippen MR) is 143 cm³/mol. The Morgan fingerprint density at radius 2 is 1.57 bits per heavy atom. The monoisotopic (exact) mass is 499 g/mol. The smallest absolute Gasteiger partial charge is 0.221 e. The summed E-state index contributed by atoms with van der Waals surface area (Å²) < 4.78 is 20.8. The Balaban J connectivity index is 1.46. The molecule has 3 aromatic carbocycles. The number of hydrogen-bond donors (Lipinski definition) is 2. The minimum absolute atomic E-state index is 0.0226. The number of ether oxygens (including phenoxy) is 1. The molecule has 0 fully saturated rings. The van der Waals surface area contributed by atoms with Crippen LogP contribution >= 0.6 is 0 Å². The Bertz CT molecular complexity index is 1340. The number of nitrogens with one attached hydrogen (secondary N) is 2. The molecule has 7 heteroatoms. The summed E-state index contributed by atoms with van der Waals surface area (Å²) in [4.78, 5) is 24.0. The standard InChI is InChI=1S/C30H30FN3O3/c1-21(35)33-25-9-11-26(12-10-25)34-27(13-17-29(34)23-5-7-24(31)8-6-23)14-18-30(36)32-20-19-22-3-15-28(37-2)16-4-22/h3-13,15-17H,14,18-20H2,1-2H3,(H,32,36)(H,33,35). The van der Waals surface area contributed by atoms with Crippen molar-refractivity contribution in [2.75, 3.05) is 19.0 Å². The van der Waals surface area contributed by atoms with Crippen LogP contribution in [0.25, 0.3) is 16.9 Å². The van der Waals surface area contributed by atoms with E-state index in [0.29, 0.717) is 25.1 Å². The van der Waals surface area contributed by atoms with E-state index in [0.717, 1.165) is 40.4 Å². The molecule has 0 saturated heterocycles. The van der Waals surface area contributed by atoms with Crippen LogP contribution in [0.2, 0.25) is 0 Å². The van der Waals surface area contributed by atoms with Crippen molar-refractivity contribution in [3.8, 4) is 22.7 Å². The first-order chi connectivity index (χ1) is 17.9. The number of rotatable bonds is 10. The van der Waals surface area contributed by atoms with Gasteiger partial charge in [-0.05, 0) is 96.8 Å².